The Labute approximate surface area is 114 Å². The number of aromatic nitrogens is 2. The summed E-state index contributed by atoms with van der Waals surface area (Å²) in [5.41, 5.74) is 5.31. The van der Waals surface area contributed by atoms with Crippen LogP contribution >= 0.6 is 0 Å². The van der Waals surface area contributed by atoms with Gasteiger partial charge in [-0.05, 0) is 30.4 Å². The van der Waals surface area contributed by atoms with Crippen molar-refractivity contribution >= 4 is 11.7 Å². The third-order valence-electron chi connectivity index (χ3n) is 3.91. The molecule has 0 aromatic carbocycles. The summed E-state index contributed by atoms with van der Waals surface area (Å²) >= 11 is 0. The summed E-state index contributed by atoms with van der Waals surface area (Å²) in [4.78, 5) is 10.9. The zero-order chi connectivity index (χ0) is 13.7. The van der Waals surface area contributed by atoms with Gasteiger partial charge in [0, 0.05) is 6.54 Å². The van der Waals surface area contributed by atoms with Gasteiger partial charge in [-0.2, -0.15) is 0 Å². The average Bonchev–Trinajstić information content (AvgIpc) is 2.41. The molecule has 1 fully saturated rings. The standard InChI is InChI=1S/C14H22N4O/c1-10-2-4-11(5-3-10)8-9-16-13-7-6-12(14(15)19)17-18-13/h6-7,10-11H,2-5,8-9H2,1H3,(H2,15,19)(H,16,18). The van der Waals surface area contributed by atoms with E-state index in [1.807, 2.05) is 0 Å². The first-order chi connectivity index (χ1) is 9.15. The normalized spacial score (nSPS) is 23.0. The van der Waals surface area contributed by atoms with Crippen molar-refractivity contribution in [3.63, 3.8) is 0 Å². The van der Waals surface area contributed by atoms with Gasteiger partial charge in [0.25, 0.3) is 5.91 Å². The molecule has 1 heterocycles. The summed E-state index contributed by atoms with van der Waals surface area (Å²) in [6, 6.07) is 3.34. The van der Waals surface area contributed by atoms with Crippen molar-refractivity contribution in [2.24, 2.45) is 17.6 Å². The highest BCUT2D eigenvalue weighted by Gasteiger charge is 2.17. The van der Waals surface area contributed by atoms with Gasteiger partial charge < -0.3 is 11.1 Å². The van der Waals surface area contributed by atoms with E-state index in [9.17, 15) is 4.79 Å². The van der Waals surface area contributed by atoms with Gasteiger partial charge in [-0.15, -0.1) is 10.2 Å². The van der Waals surface area contributed by atoms with E-state index in [1.165, 1.54) is 32.1 Å². The first-order valence-corrected chi connectivity index (χ1v) is 7.02. The molecule has 0 unspecified atom stereocenters. The molecule has 5 heteroatoms. The summed E-state index contributed by atoms with van der Waals surface area (Å²) in [5.74, 6) is 1.89. The van der Waals surface area contributed by atoms with Crippen molar-refractivity contribution in [1.29, 1.82) is 0 Å². The molecule has 5 nitrogen and oxygen atoms in total. The Bertz CT molecular complexity index is 410. The maximum atomic E-state index is 10.9. The van der Waals surface area contributed by atoms with Crippen molar-refractivity contribution in [2.75, 3.05) is 11.9 Å². The Hall–Kier alpha value is -1.65. The highest BCUT2D eigenvalue weighted by atomic mass is 16.1. The van der Waals surface area contributed by atoms with Crippen molar-refractivity contribution in [3.8, 4) is 0 Å². The first kappa shape index (κ1) is 13.8. The lowest BCUT2D eigenvalue weighted by atomic mass is 9.81. The van der Waals surface area contributed by atoms with Crippen LogP contribution in [0.4, 0.5) is 5.82 Å². The molecule has 1 aliphatic rings. The number of primary amides is 1. The molecule has 2 rings (SSSR count). The fraction of sp³-hybridized carbons (Fsp3) is 0.643. The predicted octanol–water partition coefficient (Wildman–Crippen LogP) is 2.20. The molecule has 0 atom stereocenters. The highest BCUT2D eigenvalue weighted by molar-refractivity contribution is 5.90. The van der Waals surface area contributed by atoms with E-state index < -0.39 is 5.91 Å². The highest BCUT2D eigenvalue weighted by Crippen LogP contribution is 2.30. The van der Waals surface area contributed by atoms with Gasteiger partial charge in [-0.3, -0.25) is 4.79 Å². The van der Waals surface area contributed by atoms with Crippen LogP contribution in [0.5, 0.6) is 0 Å². The summed E-state index contributed by atoms with van der Waals surface area (Å²) in [5, 5.41) is 10.9. The van der Waals surface area contributed by atoms with E-state index in [0.29, 0.717) is 5.82 Å². The molecule has 1 aromatic heterocycles. The second-order valence-corrected chi connectivity index (χ2v) is 5.51. The summed E-state index contributed by atoms with van der Waals surface area (Å²) in [6.45, 7) is 3.24. The lowest BCUT2D eigenvalue weighted by Gasteiger charge is -2.26. The average molecular weight is 262 g/mol. The topological polar surface area (TPSA) is 80.9 Å². The van der Waals surface area contributed by atoms with Crippen LogP contribution in [0.3, 0.4) is 0 Å². The van der Waals surface area contributed by atoms with Crippen molar-refractivity contribution in [1.82, 2.24) is 10.2 Å². The molecule has 1 aliphatic carbocycles. The number of nitrogens with two attached hydrogens (primary N) is 1. The molecule has 0 saturated heterocycles. The molecular weight excluding hydrogens is 240 g/mol. The second kappa shape index (κ2) is 6.50. The Morgan fingerprint density at radius 1 is 1.32 bits per heavy atom. The first-order valence-electron chi connectivity index (χ1n) is 7.02. The molecule has 0 spiro atoms. The number of nitrogens with zero attached hydrogens (tertiary/aromatic N) is 2. The number of rotatable bonds is 5. The molecule has 1 aromatic rings. The molecule has 3 N–H and O–H groups in total. The van der Waals surface area contributed by atoms with E-state index >= 15 is 0 Å². The second-order valence-electron chi connectivity index (χ2n) is 5.51. The SMILES string of the molecule is CC1CCC(CCNc2ccc(C(N)=O)nn2)CC1. The van der Waals surface area contributed by atoms with E-state index in [-0.39, 0.29) is 5.69 Å². The zero-order valence-corrected chi connectivity index (χ0v) is 11.4. The van der Waals surface area contributed by atoms with Crippen molar-refractivity contribution in [2.45, 2.75) is 39.0 Å². The maximum Gasteiger partial charge on any atom is 0.269 e. The van der Waals surface area contributed by atoms with Gasteiger partial charge in [0.15, 0.2) is 5.69 Å². The van der Waals surface area contributed by atoms with E-state index in [2.05, 4.69) is 22.4 Å². The molecule has 1 saturated carbocycles. The molecule has 0 aliphatic heterocycles. The number of anilines is 1. The van der Waals surface area contributed by atoms with Crippen LogP contribution in [0.15, 0.2) is 12.1 Å². The van der Waals surface area contributed by atoms with Crippen LogP contribution in [-0.4, -0.2) is 22.6 Å². The summed E-state index contributed by atoms with van der Waals surface area (Å²) in [6.07, 6.45) is 6.58. The van der Waals surface area contributed by atoms with Crippen molar-refractivity contribution in [3.05, 3.63) is 17.8 Å². The number of carbonyl (C=O) groups excluding carboxylic acids is 1. The minimum Gasteiger partial charge on any atom is -0.369 e. The smallest absolute Gasteiger partial charge is 0.269 e. The molecule has 0 bridgehead atoms. The third kappa shape index (κ3) is 4.19. The fourth-order valence-electron chi connectivity index (χ4n) is 2.58. The summed E-state index contributed by atoms with van der Waals surface area (Å²) in [7, 11) is 0. The van der Waals surface area contributed by atoms with Crippen molar-refractivity contribution < 1.29 is 4.79 Å². The van der Waals surface area contributed by atoms with Gasteiger partial charge in [0.2, 0.25) is 0 Å². The van der Waals surface area contributed by atoms with Crippen LogP contribution in [0, 0.1) is 11.8 Å². The number of hydrogen-bond donors (Lipinski definition) is 2. The Morgan fingerprint density at radius 3 is 2.63 bits per heavy atom. The van der Waals surface area contributed by atoms with Gasteiger partial charge in [-0.1, -0.05) is 32.6 Å². The van der Waals surface area contributed by atoms with Gasteiger partial charge in [0.1, 0.15) is 5.82 Å². The quantitative estimate of drug-likeness (QED) is 0.852. The lowest BCUT2D eigenvalue weighted by molar-refractivity contribution is 0.0994. The van der Waals surface area contributed by atoms with Gasteiger partial charge in [-0.25, -0.2) is 0 Å². The van der Waals surface area contributed by atoms with Gasteiger partial charge >= 0.3 is 0 Å². The molecule has 1 amide bonds. The van der Waals surface area contributed by atoms with Crippen LogP contribution in [0.25, 0.3) is 0 Å². The van der Waals surface area contributed by atoms with Crippen LogP contribution in [-0.2, 0) is 0 Å². The van der Waals surface area contributed by atoms with Gasteiger partial charge in [0.05, 0.1) is 0 Å². The monoisotopic (exact) mass is 262 g/mol. The Kier molecular flexibility index (Phi) is 4.71. The number of carbonyl (C=O) groups is 1. The largest absolute Gasteiger partial charge is 0.369 e. The van der Waals surface area contributed by atoms with Crippen LogP contribution in [0.2, 0.25) is 0 Å². The fourth-order valence-corrected chi connectivity index (χ4v) is 2.58. The number of hydrogen-bond acceptors (Lipinski definition) is 4. The Morgan fingerprint density at radius 2 is 2.05 bits per heavy atom. The van der Waals surface area contributed by atoms with E-state index in [1.54, 1.807) is 12.1 Å². The Balaban J connectivity index is 1.72. The lowest BCUT2D eigenvalue weighted by Crippen LogP contribution is -2.17. The third-order valence-corrected chi connectivity index (χ3v) is 3.91. The van der Waals surface area contributed by atoms with E-state index in [4.69, 9.17) is 5.73 Å². The predicted molar refractivity (Wildman–Crippen MR) is 74.8 cm³/mol. The number of amides is 1. The minimum atomic E-state index is -0.546. The zero-order valence-electron chi connectivity index (χ0n) is 11.4. The molecule has 0 radical (unpaired) electrons. The number of nitrogens with one attached hydrogen (secondary N) is 1. The minimum absolute atomic E-state index is 0.201. The van der Waals surface area contributed by atoms with Crippen LogP contribution < -0.4 is 11.1 Å². The van der Waals surface area contributed by atoms with Crippen LogP contribution in [0.1, 0.15) is 49.5 Å². The van der Waals surface area contributed by atoms with E-state index in [0.717, 1.165) is 18.4 Å². The molecule has 104 valence electrons. The molecule has 19 heavy (non-hydrogen) atoms. The maximum absolute atomic E-state index is 10.9. The summed E-state index contributed by atoms with van der Waals surface area (Å²) < 4.78 is 0. The molecular formula is C14H22N4O.